The molecule has 0 radical (unpaired) electrons. The lowest BCUT2D eigenvalue weighted by molar-refractivity contribution is 0.305. The summed E-state index contributed by atoms with van der Waals surface area (Å²) < 4.78 is 6.62. The Morgan fingerprint density at radius 2 is 2.12 bits per heavy atom. The fourth-order valence-corrected chi connectivity index (χ4v) is 1.90. The molecule has 0 spiro atoms. The fourth-order valence-electron chi connectivity index (χ4n) is 1.39. The molecule has 0 bridgehead atoms. The maximum absolute atomic E-state index is 6.02. The van der Waals surface area contributed by atoms with Gasteiger partial charge in [0.2, 0.25) is 0 Å². The third-order valence-corrected chi connectivity index (χ3v) is 3.08. The van der Waals surface area contributed by atoms with Gasteiger partial charge in [0, 0.05) is 10.5 Å². The van der Waals surface area contributed by atoms with E-state index in [0.717, 1.165) is 29.6 Å². The molecule has 0 saturated carbocycles. The summed E-state index contributed by atoms with van der Waals surface area (Å²) in [6.07, 6.45) is 2.15. The highest BCUT2D eigenvalue weighted by Crippen LogP contribution is 2.27. The van der Waals surface area contributed by atoms with Gasteiger partial charge in [0.15, 0.2) is 0 Å². The van der Waals surface area contributed by atoms with Gasteiger partial charge in [-0.25, -0.2) is 0 Å². The predicted octanol–water partition coefficient (Wildman–Crippen LogP) is 4.26. The first kappa shape index (κ1) is 14.8. The molecule has 0 fully saturated rings. The van der Waals surface area contributed by atoms with Gasteiger partial charge in [-0.3, -0.25) is 0 Å². The Bertz CT molecular complexity index is 344. The van der Waals surface area contributed by atoms with Gasteiger partial charge in [0.25, 0.3) is 0 Å². The number of benzene rings is 1. The van der Waals surface area contributed by atoms with Gasteiger partial charge >= 0.3 is 0 Å². The molecule has 0 aliphatic rings. The number of rotatable bonds is 7. The van der Waals surface area contributed by atoms with E-state index in [1.54, 1.807) is 0 Å². The number of unbranched alkanes of at least 4 members (excludes halogenated alkanes) is 1. The van der Waals surface area contributed by atoms with Gasteiger partial charge < -0.3 is 10.1 Å². The van der Waals surface area contributed by atoms with Crippen LogP contribution in [0.2, 0.25) is 5.02 Å². The van der Waals surface area contributed by atoms with Crippen molar-refractivity contribution in [3.8, 4) is 5.75 Å². The predicted molar refractivity (Wildman–Crippen MR) is 77.0 cm³/mol. The largest absolute Gasteiger partial charge is 0.492 e. The second kappa shape index (κ2) is 7.96. The highest BCUT2D eigenvalue weighted by Gasteiger charge is 2.01. The zero-order valence-electron chi connectivity index (χ0n) is 10.3. The summed E-state index contributed by atoms with van der Waals surface area (Å²) in [5.74, 6) is 0.748. The van der Waals surface area contributed by atoms with E-state index in [-0.39, 0.29) is 0 Å². The van der Waals surface area contributed by atoms with E-state index in [9.17, 15) is 0 Å². The van der Waals surface area contributed by atoms with Crippen molar-refractivity contribution in [2.24, 2.45) is 0 Å². The molecule has 1 rings (SSSR count). The van der Waals surface area contributed by atoms with Crippen LogP contribution in [0.4, 0.5) is 0 Å². The average molecular weight is 321 g/mol. The van der Waals surface area contributed by atoms with Gasteiger partial charge in [-0.1, -0.05) is 41.4 Å². The molecule has 0 aliphatic heterocycles. The third-order valence-electron chi connectivity index (χ3n) is 2.27. The number of ether oxygens (including phenoxy) is 1. The topological polar surface area (TPSA) is 21.3 Å². The molecule has 1 aromatic rings. The Morgan fingerprint density at radius 1 is 1.35 bits per heavy atom. The number of hydrogen-bond acceptors (Lipinski definition) is 2. The summed E-state index contributed by atoms with van der Waals surface area (Å²) >= 11 is 9.42. The molecular formula is C13H19BrClNO. The summed E-state index contributed by atoms with van der Waals surface area (Å²) in [6, 6.07) is 6.19. The lowest BCUT2D eigenvalue weighted by Crippen LogP contribution is -2.23. The van der Waals surface area contributed by atoms with Gasteiger partial charge in [0.05, 0.1) is 11.6 Å². The van der Waals surface area contributed by atoms with E-state index in [2.05, 4.69) is 35.1 Å². The molecule has 0 atom stereocenters. The Balaban J connectivity index is 2.20. The maximum Gasteiger partial charge on any atom is 0.139 e. The Kier molecular flexibility index (Phi) is 6.93. The molecule has 2 nitrogen and oxygen atoms in total. The molecule has 0 amide bonds. The summed E-state index contributed by atoms with van der Waals surface area (Å²) in [5.41, 5.74) is 0. The first-order valence-electron chi connectivity index (χ1n) is 5.91. The van der Waals surface area contributed by atoms with Crippen LogP contribution >= 0.6 is 27.5 Å². The average Bonchev–Trinajstić information content (AvgIpc) is 2.27. The first-order valence-corrected chi connectivity index (χ1v) is 7.08. The molecule has 4 heteroatoms. The van der Waals surface area contributed by atoms with E-state index in [0.29, 0.717) is 17.7 Å². The summed E-state index contributed by atoms with van der Waals surface area (Å²) in [7, 11) is 0. The van der Waals surface area contributed by atoms with Gasteiger partial charge in [-0.05, 0) is 37.6 Å². The second-order valence-corrected chi connectivity index (χ2v) is 5.56. The first-order chi connectivity index (χ1) is 8.09. The van der Waals surface area contributed by atoms with Crippen molar-refractivity contribution < 1.29 is 4.74 Å². The summed E-state index contributed by atoms with van der Waals surface area (Å²) in [5, 5.41) is 4.04. The molecule has 1 N–H and O–H groups in total. The van der Waals surface area contributed by atoms with Crippen molar-refractivity contribution in [3.63, 3.8) is 0 Å². The van der Waals surface area contributed by atoms with Gasteiger partial charge in [-0.2, -0.15) is 0 Å². The van der Waals surface area contributed by atoms with Crippen LogP contribution in [0.5, 0.6) is 5.75 Å². The van der Waals surface area contributed by atoms with Crippen LogP contribution in [0.15, 0.2) is 22.7 Å². The van der Waals surface area contributed by atoms with Crippen molar-refractivity contribution in [1.82, 2.24) is 5.32 Å². The van der Waals surface area contributed by atoms with Crippen molar-refractivity contribution >= 4 is 27.5 Å². The van der Waals surface area contributed by atoms with Crippen LogP contribution in [0.1, 0.15) is 26.7 Å². The lowest BCUT2D eigenvalue weighted by Gasteiger charge is -2.10. The van der Waals surface area contributed by atoms with E-state index in [1.807, 2.05) is 18.2 Å². The van der Waals surface area contributed by atoms with Crippen LogP contribution in [-0.4, -0.2) is 19.2 Å². The van der Waals surface area contributed by atoms with Crippen LogP contribution in [-0.2, 0) is 0 Å². The molecule has 0 aliphatic carbocycles. The van der Waals surface area contributed by atoms with Crippen LogP contribution in [0, 0.1) is 0 Å². The van der Waals surface area contributed by atoms with Crippen molar-refractivity contribution in [1.29, 1.82) is 0 Å². The fraction of sp³-hybridized carbons (Fsp3) is 0.538. The van der Waals surface area contributed by atoms with E-state index in [4.69, 9.17) is 16.3 Å². The smallest absolute Gasteiger partial charge is 0.139 e. The minimum atomic E-state index is 0.551. The number of hydrogen-bond donors (Lipinski definition) is 1. The minimum absolute atomic E-state index is 0.551. The minimum Gasteiger partial charge on any atom is -0.492 e. The standard InChI is InChI=1S/C13H19BrClNO/c1-10(2)16-7-3-4-8-17-13-9-11(14)5-6-12(13)15/h5-6,9-10,16H,3-4,7-8H2,1-2H3. The third kappa shape index (κ3) is 6.29. The van der Waals surface area contributed by atoms with E-state index in [1.165, 1.54) is 0 Å². The van der Waals surface area contributed by atoms with Crippen LogP contribution < -0.4 is 10.1 Å². The number of halogens is 2. The molecule has 1 aromatic carbocycles. The van der Waals surface area contributed by atoms with Crippen LogP contribution in [0.25, 0.3) is 0 Å². The quantitative estimate of drug-likeness (QED) is 0.758. The molecule has 0 aromatic heterocycles. The molecule has 0 unspecified atom stereocenters. The van der Waals surface area contributed by atoms with E-state index < -0.39 is 0 Å². The van der Waals surface area contributed by atoms with Gasteiger partial charge in [-0.15, -0.1) is 0 Å². The monoisotopic (exact) mass is 319 g/mol. The SMILES string of the molecule is CC(C)NCCCCOc1cc(Br)ccc1Cl. The van der Waals surface area contributed by atoms with E-state index >= 15 is 0 Å². The Hall–Kier alpha value is -0.250. The van der Waals surface area contributed by atoms with Crippen molar-refractivity contribution in [3.05, 3.63) is 27.7 Å². The zero-order valence-corrected chi connectivity index (χ0v) is 12.6. The number of nitrogens with one attached hydrogen (secondary N) is 1. The summed E-state index contributed by atoms with van der Waals surface area (Å²) in [4.78, 5) is 0. The molecule has 96 valence electrons. The summed E-state index contributed by atoms with van der Waals surface area (Å²) in [6.45, 7) is 6.04. The normalized spacial score (nSPS) is 10.9. The van der Waals surface area contributed by atoms with Crippen molar-refractivity contribution in [2.75, 3.05) is 13.2 Å². The molecule has 0 saturated heterocycles. The highest BCUT2D eigenvalue weighted by molar-refractivity contribution is 9.10. The second-order valence-electron chi connectivity index (χ2n) is 4.24. The molecule has 0 heterocycles. The Labute approximate surface area is 117 Å². The highest BCUT2D eigenvalue weighted by atomic mass is 79.9. The van der Waals surface area contributed by atoms with Gasteiger partial charge in [0.1, 0.15) is 5.75 Å². The Morgan fingerprint density at radius 3 is 2.82 bits per heavy atom. The molecule has 17 heavy (non-hydrogen) atoms. The zero-order chi connectivity index (χ0) is 12.7. The maximum atomic E-state index is 6.02. The lowest BCUT2D eigenvalue weighted by atomic mass is 10.3. The van der Waals surface area contributed by atoms with Crippen molar-refractivity contribution in [2.45, 2.75) is 32.7 Å². The molecular weight excluding hydrogens is 302 g/mol. The van der Waals surface area contributed by atoms with Crippen LogP contribution in [0.3, 0.4) is 0 Å².